The van der Waals surface area contributed by atoms with Crippen LogP contribution in [0.15, 0.2) is 36.7 Å². The highest BCUT2D eigenvalue weighted by atomic mass is 16.3. The summed E-state index contributed by atoms with van der Waals surface area (Å²) in [7, 11) is 0. The molecular weight excluding hydrogens is 392 g/mol. The third-order valence-electron chi connectivity index (χ3n) is 6.20. The van der Waals surface area contributed by atoms with Gasteiger partial charge in [-0.1, -0.05) is 24.3 Å². The summed E-state index contributed by atoms with van der Waals surface area (Å²) in [5.74, 6) is 0.340. The van der Waals surface area contributed by atoms with Crippen LogP contribution in [-0.2, 0) is 13.0 Å². The van der Waals surface area contributed by atoms with Crippen molar-refractivity contribution >= 4 is 11.7 Å². The molecule has 0 radical (unpaired) electrons. The summed E-state index contributed by atoms with van der Waals surface area (Å²) >= 11 is 0. The van der Waals surface area contributed by atoms with Crippen molar-refractivity contribution in [2.24, 2.45) is 5.73 Å². The Labute approximate surface area is 183 Å². The average Bonchev–Trinajstić information content (AvgIpc) is 2.79. The number of fused-ring (bicyclic) bond motifs is 1. The molecule has 2 aromatic rings. The van der Waals surface area contributed by atoms with Crippen LogP contribution in [-0.4, -0.2) is 63.7 Å². The lowest BCUT2D eigenvalue weighted by Crippen LogP contribution is -2.42. The second kappa shape index (κ2) is 10.2. The minimum atomic E-state index is -0.639. The van der Waals surface area contributed by atoms with E-state index in [-0.39, 0.29) is 18.5 Å². The van der Waals surface area contributed by atoms with E-state index < -0.39 is 6.10 Å². The number of aliphatic hydroxyl groups excluding tert-OH is 1. The lowest BCUT2D eigenvalue weighted by molar-refractivity contribution is 0.0838. The van der Waals surface area contributed by atoms with E-state index in [2.05, 4.69) is 43.7 Å². The van der Waals surface area contributed by atoms with Gasteiger partial charge in [0.05, 0.1) is 6.10 Å². The maximum atomic E-state index is 12.5. The number of aliphatic hydroxyl groups is 1. The van der Waals surface area contributed by atoms with Crippen LogP contribution in [0.5, 0.6) is 0 Å². The molecule has 1 atom stereocenters. The largest absolute Gasteiger partial charge is 0.390 e. The van der Waals surface area contributed by atoms with Crippen LogP contribution < -0.4 is 16.4 Å². The minimum absolute atomic E-state index is 0.185. The number of nitrogens with zero attached hydrogens (tertiary/aromatic N) is 3. The Morgan fingerprint density at radius 1 is 1.19 bits per heavy atom. The topological polar surface area (TPSA) is 116 Å². The Hall–Kier alpha value is -2.55. The van der Waals surface area contributed by atoms with Gasteiger partial charge in [0.15, 0.2) is 0 Å². The Bertz CT molecular complexity index is 884. The van der Waals surface area contributed by atoms with Gasteiger partial charge in [0, 0.05) is 44.3 Å². The summed E-state index contributed by atoms with van der Waals surface area (Å²) in [5.41, 5.74) is 8.95. The summed E-state index contributed by atoms with van der Waals surface area (Å²) < 4.78 is 0. The molecule has 1 aromatic heterocycles. The molecule has 31 heavy (non-hydrogen) atoms. The quantitative estimate of drug-likeness (QED) is 0.529. The highest BCUT2D eigenvalue weighted by molar-refractivity contribution is 5.92. The van der Waals surface area contributed by atoms with E-state index in [1.807, 2.05) is 6.07 Å². The lowest BCUT2D eigenvalue weighted by Gasteiger charge is -2.30. The number of anilines is 1. The van der Waals surface area contributed by atoms with Crippen LogP contribution in [0.1, 0.15) is 47.3 Å². The third kappa shape index (κ3) is 6.00. The Morgan fingerprint density at radius 2 is 1.97 bits per heavy atom. The normalized spacial score (nSPS) is 22.4. The van der Waals surface area contributed by atoms with Crippen LogP contribution in [0.2, 0.25) is 0 Å². The van der Waals surface area contributed by atoms with Gasteiger partial charge in [0.25, 0.3) is 5.91 Å². The number of hydrogen-bond donors (Lipinski definition) is 4. The molecule has 5 N–H and O–H groups in total. The van der Waals surface area contributed by atoms with E-state index in [0.29, 0.717) is 24.1 Å². The van der Waals surface area contributed by atoms with E-state index in [1.165, 1.54) is 17.5 Å². The van der Waals surface area contributed by atoms with Gasteiger partial charge >= 0.3 is 0 Å². The van der Waals surface area contributed by atoms with Crippen molar-refractivity contribution in [3.8, 4) is 0 Å². The van der Waals surface area contributed by atoms with Gasteiger partial charge in [-0.3, -0.25) is 9.69 Å². The first-order valence-electron chi connectivity index (χ1n) is 11.2. The number of hydrogen-bond acceptors (Lipinski definition) is 7. The molecule has 1 fully saturated rings. The molecule has 0 unspecified atom stereocenters. The van der Waals surface area contributed by atoms with Crippen LogP contribution in [0.25, 0.3) is 0 Å². The van der Waals surface area contributed by atoms with Crippen molar-refractivity contribution < 1.29 is 9.90 Å². The highest BCUT2D eigenvalue weighted by Crippen LogP contribution is 2.21. The number of amides is 1. The van der Waals surface area contributed by atoms with E-state index in [9.17, 15) is 9.90 Å². The zero-order valence-corrected chi connectivity index (χ0v) is 17.8. The predicted molar refractivity (Wildman–Crippen MR) is 120 cm³/mol. The first-order valence-corrected chi connectivity index (χ1v) is 11.2. The molecule has 0 bridgehead atoms. The molecule has 8 heteroatoms. The van der Waals surface area contributed by atoms with Crippen LogP contribution >= 0.6 is 0 Å². The van der Waals surface area contributed by atoms with Gasteiger partial charge in [-0.25, -0.2) is 9.97 Å². The first-order chi connectivity index (χ1) is 15.1. The van der Waals surface area contributed by atoms with E-state index in [1.54, 1.807) is 6.07 Å². The van der Waals surface area contributed by atoms with Crippen molar-refractivity contribution in [3.63, 3.8) is 0 Å². The number of β-amino-alcohol motifs (C(OH)–C–C–N with tert-alkyl or cyclic N) is 1. The second-order valence-corrected chi connectivity index (χ2v) is 8.66. The molecule has 2 aliphatic rings. The number of nitrogens with two attached hydrogens (primary N) is 1. The first kappa shape index (κ1) is 21.7. The number of rotatable bonds is 7. The van der Waals surface area contributed by atoms with Gasteiger partial charge in [-0.2, -0.15) is 0 Å². The molecule has 0 spiro atoms. The number of benzene rings is 1. The molecule has 2 heterocycles. The fourth-order valence-corrected chi connectivity index (χ4v) is 4.41. The fraction of sp³-hybridized carbons (Fsp3) is 0.522. The van der Waals surface area contributed by atoms with Crippen molar-refractivity contribution in [1.29, 1.82) is 0 Å². The number of carbonyl (C=O) groups is 1. The molecule has 1 aliphatic heterocycles. The summed E-state index contributed by atoms with van der Waals surface area (Å²) in [6, 6.07) is 10.7. The number of nitrogens with one attached hydrogen (secondary N) is 2. The molecule has 4 rings (SSSR count). The van der Waals surface area contributed by atoms with Crippen molar-refractivity contribution in [1.82, 2.24) is 20.2 Å². The molecule has 0 saturated heterocycles. The zero-order valence-electron chi connectivity index (χ0n) is 17.8. The molecule has 1 amide bonds. The lowest BCUT2D eigenvalue weighted by atomic mass is 9.92. The predicted octanol–water partition coefficient (Wildman–Crippen LogP) is 1.31. The summed E-state index contributed by atoms with van der Waals surface area (Å²) in [5, 5.41) is 16.6. The molecule has 1 aliphatic carbocycles. The van der Waals surface area contributed by atoms with E-state index >= 15 is 0 Å². The van der Waals surface area contributed by atoms with Crippen molar-refractivity contribution in [2.45, 2.75) is 56.8 Å². The maximum Gasteiger partial charge on any atom is 0.270 e. The summed E-state index contributed by atoms with van der Waals surface area (Å²) in [4.78, 5) is 23.1. The van der Waals surface area contributed by atoms with Crippen LogP contribution in [0.3, 0.4) is 0 Å². The monoisotopic (exact) mass is 424 g/mol. The van der Waals surface area contributed by atoms with Crippen LogP contribution in [0.4, 0.5) is 5.82 Å². The van der Waals surface area contributed by atoms with Gasteiger partial charge < -0.3 is 21.5 Å². The second-order valence-electron chi connectivity index (χ2n) is 8.66. The zero-order chi connectivity index (χ0) is 21.6. The Kier molecular flexibility index (Phi) is 7.11. The minimum Gasteiger partial charge on any atom is -0.390 e. The van der Waals surface area contributed by atoms with E-state index in [4.69, 9.17) is 5.73 Å². The van der Waals surface area contributed by atoms with Crippen LogP contribution in [0, 0.1) is 0 Å². The summed E-state index contributed by atoms with van der Waals surface area (Å²) in [6.07, 6.45) is 5.74. The van der Waals surface area contributed by atoms with Gasteiger partial charge in [-0.15, -0.1) is 0 Å². The smallest absolute Gasteiger partial charge is 0.270 e. The number of carbonyl (C=O) groups excluding carboxylic acids is 1. The molecule has 1 saturated carbocycles. The highest BCUT2D eigenvalue weighted by Gasteiger charge is 2.21. The van der Waals surface area contributed by atoms with Gasteiger partial charge in [0.1, 0.15) is 17.8 Å². The Morgan fingerprint density at radius 3 is 2.77 bits per heavy atom. The summed E-state index contributed by atoms with van der Waals surface area (Å²) in [6.45, 7) is 2.45. The van der Waals surface area contributed by atoms with Crippen molar-refractivity contribution in [2.75, 3.05) is 25.0 Å². The standard InChI is InChI=1S/C23H32N6O2/c24-18-5-7-19(8-6-18)28-22-11-21(26-15-27-22)23(31)25-12-20(30)14-29-10-9-16-3-1-2-4-17(16)13-29/h1-4,11,15,18-20,30H,5-10,12-14,24H2,(H,25,31)(H,26,27,28)/t18-,19-,20-/m0/s1. The third-order valence-corrected chi connectivity index (χ3v) is 6.20. The molecule has 1 aromatic carbocycles. The molecule has 166 valence electrons. The van der Waals surface area contributed by atoms with E-state index in [0.717, 1.165) is 45.2 Å². The van der Waals surface area contributed by atoms with Gasteiger partial charge in [0.2, 0.25) is 0 Å². The maximum absolute atomic E-state index is 12.5. The SMILES string of the molecule is N[C@H]1CC[C@H](Nc2cc(C(=O)NC[C@H](O)CN3CCc4ccccc4C3)ncn2)CC1. The Balaban J connectivity index is 1.24. The van der Waals surface area contributed by atoms with Gasteiger partial charge in [-0.05, 0) is 43.2 Å². The molecular formula is C23H32N6O2. The number of aromatic nitrogens is 2. The van der Waals surface area contributed by atoms with Crippen molar-refractivity contribution in [3.05, 3.63) is 53.5 Å². The fourth-order valence-electron chi connectivity index (χ4n) is 4.41. The average molecular weight is 425 g/mol. The molecule has 8 nitrogen and oxygen atoms in total.